The van der Waals surface area contributed by atoms with Crippen LogP contribution in [-0.2, 0) is 0 Å². The van der Waals surface area contributed by atoms with Crippen molar-refractivity contribution in [1.29, 1.82) is 0 Å². The number of amides is 1. The van der Waals surface area contributed by atoms with Crippen LogP contribution < -0.4 is 10.6 Å². The van der Waals surface area contributed by atoms with E-state index in [-0.39, 0.29) is 23.0 Å². The third-order valence-corrected chi connectivity index (χ3v) is 2.64. The molecule has 0 saturated heterocycles. The number of rotatable bonds is 5. The molecule has 0 saturated carbocycles. The van der Waals surface area contributed by atoms with Gasteiger partial charge in [-0.25, -0.2) is 4.98 Å². The zero-order valence-electron chi connectivity index (χ0n) is 9.95. The number of nitrogens with one attached hydrogen (secondary N) is 2. The van der Waals surface area contributed by atoms with Crippen molar-refractivity contribution >= 4 is 30.1 Å². The maximum atomic E-state index is 12.3. The monoisotopic (exact) mass is 315 g/mol. The number of nitrogens with zero attached hydrogens (tertiary/aromatic N) is 1. The maximum Gasteiger partial charge on any atom is 0.447 e. The lowest BCUT2D eigenvalue weighted by Gasteiger charge is -2.10. The van der Waals surface area contributed by atoms with Crippen LogP contribution in [0.5, 0.6) is 0 Å². The third kappa shape index (κ3) is 6.65. The van der Waals surface area contributed by atoms with E-state index in [4.69, 9.17) is 0 Å². The van der Waals surface area contributed by atoms with E-state index in [1.807, 2.05) is 0 Å². The molecule has 0 radical (unpaired) electrons. The molecule has 1 amide bonds. The van der Waals surface area contributed by atoms with Crippen LogP contribution in [0.25, 0.3) is 0 Å². The van der Waals surface area contributed by atoms with Crippen molar-refractivity contribution in [2.75, 3.05) is 20.1 Å². The molecule has 0 aliphatic heterocycles. The van der Waals surface area contributed by atoms with Crippen LogP contribution in [0, 0.1) is 0 Å². The Morgan fingerprint density at radius 1 is 1.42 bits per heavy atom. The number of pyridine rings is 1. The molecule has 1 heterocycles. The Morgan fingerprint density at radius 2 is 2.11 bits per heavy atom. The number of alkyl halides is 3. The molecule has 108 valence electrons. The van der Waals surface area contributed by atoms with E-state index in [0.29, 0.717) is 13.1 Å². The average molecular weight is 316 g/mol. The van der Waals surface area contributed by atoms with E-state index in [1.54, 1.807) is 7.05 Å². The molecule has 9 heteroatoms. The largest absolute Gasteiger partial charge is 0.447 e. The lowest BCUT2D eigenvalue weighted by molar-refractivity contribution is -0.0329. The highest BCUT2D eigenvalue weighted by Crippen LogP contribution is 2.37. The molecule has 1 rings (SSSR count). The van der Waals surface area contributed by atoms with Crippen molar-refractivity contribution in [3.63, 3.8) is 0 Å². The zero-order chi connectivity index (χ0) is 13.6. The number of aromatic nitrogens is 1. The Morgan fingerprint density at radius 3 is 2.68 bits per heavy atom. The van der Waals surface area contributed by atoms with Crippen LogP contribution in [0.3, 0.4) is 0 Å². The van der Waals surface area contributed by atoms with Gasteiger partial charge in [-0.1, -0.05) is 0 Å². The fourth-order valence-corrected chi connectivity index (χ4v) is 1.75. The van der Waals surface area contributed by atoms with Crippen LogP contribution in [0.4, 0.5) is 13.2 Å². The number of hydrogen-bond donors (Lipinski definition) is 2. The summed E-state index contributed by atoms with van der Waals surface area (Å²) in [7, 11) is 1.71. The number of likely N-dealkylation sites (N-methyl/N-ethyl adjacent to an activating group) is 1. The maximum absolute atomic E-state index is 12.3. The quantitative estimate of drug-likeness (QED) is 0.645. The van der Waals surface area contributed by atoms with Crippen LogP contribution in [0.1, 0.15) is 10.4 Å². The fraction of sp³-hybridized carbons (Fsp3) is 0.400. The molecule has 2 N–H and O–H groups in total. The topological polar surface area (TPSA) is 54.0 Å². The van der Waals surface area contributed by atoms with Gasteiger partial charge >= 0.3 is 5.51 Å². The third-order valence-electron chi connectivity index (χ3n) is 1.89. The molecule has 0 bridgehead atoms. The summed E-state index contributed by atoms with van der Waals surface area (Å²) in [4.78, 5) is 15.2. The van der Waals surface area contributed by atoms with E-state index in [9.17, 15) is 18.0 Å². The zero-order valence-corrected chi connectivity index (χ0v) is 11.6. The highest BCUT2D eigenvalue weighted by Gasteiger charge is 2.32. The molecular formula is C10H13ClF3N3OS. The predicted molar refractivity (Wildman–Crippen MR) is 69.7 cm³/mol. The predicted octanol–water partition coefficient (Wildman–Crippen LogP) is 2.06. The van der Waals surface area contributed by atoms with Gasteiger partial charge in [-0.3, -0.25) is 4.79 Å². The summed E-state index contributed by atoms with van der Waals surface area (Å²) in [5, 5.41) is 4.97. The molecule has 19 heavy (non-hydrogen) atoms. The molecule has 1 aromatic rings. The standard InChI is InChI=1S/C10H12F3N3OS.ClH/c1-14-5-6-15-8(17)7-3-2-4-16-9(7)18-10(11,12)13;/h2-4,14H,5-6H2,1H3,(H,15,17);1H. The molecule has 0 spiro atoms. The van der Waals surface area contributed by atoms with Crippen LogP contribution >= 0.6 is 24.2 Å². The van der Waals surface area contributed by atoms with Crippen molar-refractivity contribution in [1.82, 2.24) is 15.6 Å². The molecule has 0 aliphatic rings. The summed E-state index contributed by atoms with van der Waals surface area (Å²) in [6.07, 6.45) is 1.22. The van der Waals surface area contributed by atoms with Gasteiger partial charge in [0, 0.05) is 31.0 Å². The van der Waals surface area contributed by atoms with Gasteiger partial charge in [0.1, 0.15) is 5.03 Å². The Balaban J connectivity index is 0.00000324. The van der Waals surface area contributed by atoms with Crippen LogP contribution in [0.15, 0.2) is 23.4 Å². The smallest absolute Gasteiger partial charge is 0.351 e. The van der Waals surface area contributed by atoms with Gasteiger partial charge in [-0.05, 0) is 19.2 Å². The summed E-state index contributed by atoms with van der Waals surface area (Å²) < 4.78 is 36.8. The summed E-state index contributed by atoms with van der Waals surface area (Å²) in [5.74, 6) is -0.565. The number of halogens is 4. The van der Waals surface area contributed by atoms with Gasteiger partial charge in [0.2, 0.25) is 0 Å². The van der Waals surface area contributed by atoms with Crippen molar-refractivity contribution < 1.29 is 18.0 Å². The van der Waals surface area contributed by atoms with Crippen molar-refractivity contribution in [2.24, 2.45) is 0 Å². The van der Waals surface area contributed by atoms with E-state index in [2.05, 4.69) is 15.6 Å². The van der Waals surface area contributed by atoms with Crippen molar-refractivity contribution in [3.05, 3.63) is 23.9 Å². The lowest BCUT2D eigenvalue weighted by atomic mass is 10.2. The van der Waals surface area contributed by atoms with Gasteiger partial charge in [-0.2, -0.15) is 13.2 Å². The van der Waals surface area contributed by atoms with Crippen molar-refractivity contribution in [2.45, 2.75) is 10.5 Å². The minimum absolute atomic E-state index is 0. The Kier molecular flexibility index (Phi) is 7.81. The molecule has 1 aromatic heterocycles. The Bertz CT molecular complexity index is 417. The van der Waals surface area contributed by atoms with E-state index in [0.717, 1.165) is 0 Å². The Hall–Kier alpha value is -0.990. The summed E-state index contributed by atoms with van der Waals surface area (Å²) in [6, 6.07) is 2.74. The van der Waals surface area contributed by atoms with E-state index in [1.165, 1.54) is 18.3 Å². The first kappa shape index (κ1) is 18.0. The van der Waals surface area contributed by atoms with Crippen LogP contribution in [-0.4, -0.2) is 36.5 Å². The first-order valence-electron chi connectivity index (χ1n) is 5.07. The molecule has 0 atom stereocenters. The molecule has 0 aromatic carbocycles. The number of thioether (sulfide) groups is 1. The van der Waals surface area contributed by atoms with E-state index < -0.39 is 23.2 Å². The highest BCUT2D eigenvalue weighted by molar-refractivity contribution is 8.00. The van der Waals surface area contributed by atoms with E-state index >= 15 is 0 Å². The molecule has 0 unspecified atom stereocenters. The first-order chi connectivity index (χ1) is 8.44. The highest BCUT2D eigenvalue weighted by atomic mass is 35.5. The summed E-state index contributed by atoms with van der Waals surface area (Å²) in [5.41, 5.74) is -4.54. The second kappa shape index (κ2) is 8.23. The summed E-state index contributed by atoms with van der Waals surface area (Å²) in [6.45, 7) is 0.869. The minimum atomic E-state index is -4.46. The normalized spacial score (nSPS) is 10.7. The minimum Gasteiger partial charge on any atom is -0.351 e. The molecule has 0 fully saturated rings. The number of hydrogen-bond acceptors (Lipinski definition) is 4. The molecular weight excluding hydrogens is 303 g/mol. The van der Waals surface area contributed by atoms with Gasteiger partial charge in [0.25, 0.3) is 5.91 Å². The second-order valence-electron chi connectivity index (χ2n) is 3.26. The molecule has 4 nitrogen and oxygen atoms in total. The molecule has 0 aliphatic carbocycles. The van der Waals surface area contributed by atoms with Crippen molar-refractivity contribution in [3.8, 4) is 0 Å². The second-order valence-corrected chi connectivity index (χ2v) is 4.32. The van der Waals surface area contributed by atoms with Gasteiger partial charge < -0.3 is 10.6 Å². The number of carbonyl (C=O) groups excluding carboxylic acids is 1. The van der Waals surface area contributed by atoms with Gasteiger partial charge in [0.05, 0.1) is 5.56 Å². The van der Waals surface area contributed by atoms with Gasteiger partial charge in [0.15, 0.2) is 0 Å². The Labute approximate surface area is 119 Å². The lowest BCUT2D eigenvalue weighted by Crippen LogP contribution is -2.30. The first-order valence-corrected chi connectivity index (χ1v) is 5.89. The number of carbonyl (C=O) groups is 1. The average Bonchev–Trinajstić information content (AvgIpc) is 2.27. The SMILES string of the molecule is CNCCNC(=O)c1cccnc1SC(F)(F)F.Cl. The van der Waals surface area contributed by atoms with Gasteiger partial charge in [-0.15, -0.1) is 12.4 Å². The fourth-order valence-electron chi connectivity index (χ4n) is 1.15. The van der Waals surface area contributed by atoms with Crippen LogP contribution in [0.2, 0.25) is 0 Å². The summed E-state index contributed by atoms with van der Waals surface area (Å²) >= 11 is -0.393.